The second-order valence-corrected chi connectivity index (χ2v) is 6.60. The molecule has 2 saturated heterocycles. The van der Waals surface area contributed by atoms with E-state index in [0.717, 1.165) is 19.1 Å². The molecule has 0 aromatic heterocycles. The summed E-state index contributed by atoms with van der Waals surface area (Å²) in [5.41, 5.74) is 0. The number of hydrogen-bond donors (Lipinski definition) is 1. The highest BCUT2D eigenvalue weighted by molar-refractivity contribution is 4.85. The van der Waals surface area contributed by atoms with Crippen LogP contribution in [0.2, 0.25) is 0 Å². The van der Waals surface area contributed by atoms with Crippen molar-refractivity contribution in [2.45, 2.75) is 50.4 Å². The largest absolute Gasteiger partial charge is 0.372 e. The van der Waals surface area contributed by atoms with Crippen LogP contribution in [0.1, 0.15) is 32.1 Å². The number of nitrogens with zero attached hydrogens (tertiary/aromatic N) is 2. The third kappa shape index (κ3) is 4.42. The van der Waals surface area contributed by atoms with Crippen molar-refractivity contribution in [2.24, 2.45) is 0 Å². The van der Waals surface area contributed by atoms with Gasteiger partial charge in [0.25, 0.3) is 0 Å². The molecular weight excluding hydrogens is 238 g/mol. The van der Waals surface area contributed by atoms with Gasteiger partial charge in [-0.15, -0.1) is 0 Å². The van der Waals surface area contributed by atoms with Crippen molar-refractivity contribution in [2.75, 3.05) is 46.3 Å². The lowest BCUT2D eigenvalue weighted by atomic mass is 10.2. The van der Waals surface area contributed by atoms with Crippen LogP contribution in [0.25, 0.3) is 0 Å². The fourth-order valence-corrected chi connectivity index (χ4v) is 3.22. The highest BCUT2D eigenvalue weighted by atomic mass is 16.5. The molecule has 4 heteroatoms. The van der Waals surface area contributed by atoms with Crippen molar-refractivity contribution in [3.8, 4) is 0 Å². The summed E-state index contributed by atoms with van der Waals surface area (Å²) in [5.74, 6) is 0. The molecule has 1 aliphatic carbocycles. The molecule has 0 aromatic carbocycles. The molecular formula is C15H29N3O. The molecule has 3 fully saturated rings. The van der Waals surface area contributed by atoms with Crippen molar-refractivity contribution in [3.63, 3.8) is 0 Å². The smallest absolute Gasteiger partial charge is 0.0707 e. The highest BCUT2D eigenvalue weighted by Gasteiger charge is 2.29. The Labute approximate surface area is 117 Å². The number of hydrogen-bond acceptors (Lipinski definition) is 4. The fraction of sp³-hybridized carbons (Fsp3) is 1.00. The first-order valence-corrected chi connectivity index (χ1v) is 8.09. The van der Waals surface area contributed by atoms with Crippen LogP contribution in [0.15, 0.2) is 0 Å². The fourth-order valence-electron chi connectivity index (χ4n) is 3.22. The normalized spacial score (nSPS) is 34.6. The van der Waals surface area contributed by atoms with E-state index in [1.54, 1.807) is 0 Å². The van der Waals surface area contributed by atoms with E-state index in [9.17, 15) is 0 Å². The minimum atomic E-state index is 0.472. The van der Waals surface area contributed by atoms with Crippen LogP contribution in [0.4, 0.5) is 0 Å². The van der Waals surface area contributed by atoms with Crippen LogP contribution in [0.3, 0.4) is 0 Å². The molecule has 1 saturated carbocycles. The monoisotopic (exact) mass is 267 g/mol. The minimum Gasteiger partial charge on any atom is -0.372 e. The first-order valence-electron chi connectivity index (χ1n) is 8.09. The van der Waals surface area contributed by atoms with Crippen molar-refractivity contribution in [1.29, 1.82) is 0 Å². The van der Waals surface area contributed by atoms with Gasteiger partial charge in [-0.25, -0.2) is 0 Å². The number of nitrogens with one attached hydrogen (secondary N) is 1. The Morgan fingerprint density at radius 1 is 1.00 bits per heavy atom. The van der Waals surface area contributed by atoms with Crippen molar-refractivity contribution in [1.82, 2.24) is 15.1 Å². The first kappa shape index (κ1) is 13.8. The quantitative estimate of drug-likeness (QED) is 0.802. The summed E-state index contributed by atoms with van der Waals surface area (Å²) in [6.45, 7) is 7.13. The molecule has 3 aliphatic rings. The molecule has 4 nitrogen and oxygen atoms in total. The van der Waals surface area contributed by atoms with Crippen LogP contribution in [0.5, 0.6) is 0 Å². The predicted molar refractivity (Wildman–Crippen MR) is 77.5 cm³/mol. The molecule has 110 valence electrons. The Hall–Kier alpha value is -0.160. The lowest BCUT2D eigenvalue weighted by Gasteiger charge is -2.24. The molecule has 2 heterocycles. The summed E-state index contributed by atoms with van der Waals surface area (Å²) in [6.07, 6.45) is 7.50. The lowest BCUT2D eigenvalue weighted by Crippen LogP contribution is -2.36. The third-order valence-electron chi connectivity index (χ3n) is 4.68. The Bertz CT molecular complexity index is 283. The minimum absolute atomic E-state index is 0.472. The van der Waals surface area contributed by atoms with Crippen LogP contribution in [0, 0.1) is 0 Å². The van der Waals surface area contributed by atoms with Crippen molar-refractivity contribution < 1.29 is 4.74 Å². The zero-order valence-corrected chi connectivity index (χ0v) is 12.3. The van der Waals surface area contributed by atoms with Gasteiger partial charge in [0.1, 0.15) is 0 Å². The molecule has 19 heavy (non-hydrogen) atoms. The van der Waals surface area contributed by atoms with Crippen LogP contribution >= 0.6 is 0 Å². The Morgan fingerprint density at radius 2 is 1.84 bits per heavy atom. The summed E-state index contributed by atoms with van der Waals surface area (Å²) in [5, 5.41) is 3.59. The lowest BCUT2D eigenvalue weighted by molar-refractivity contribution is 0.0240. The SMILES string of the molecule is CN1CCCN(CC2CCC(CNC3CC3)O2)CC1. The summed E-state index contributed by atoms with van der Waals surface area (Å²) < 4.78 is 6.19. The highest BCUT2D eigenvalue weighted by Crippen LogP contribution is 2.23. The maximum atomic E-state index is 6.19. The van der Waals surface area contributed by atoms with Gasteiger partial charge in [0, 0.05) is 32.2 Å². The van der Waals surface area contributed by atoms with Gasteiger partial charge < -0.3 is 15.0 Å². The maximum absolute atomic E-state index is 6.19. The zero-order chi connectivity index (χ0) is 13.1. The molecule has 0 bridgehead atoms. The van der Waals surface area contributed by atoms with Gasteiger partial charge in [0.05, 0.1) is 12.2 Å². The van der Waals surface area contributed by atoms with Crippen LogP contribution in [-0.2, 0) is 4.74 Å². The summed E-state index contributed by atoms with van der Waals surface area (Å²) >= 11 is 0. The van der Waals surface area contributed by atoms with Gasteiger partial charge in [-0.1, -0.05) is 0 Å². The summed E-state index contributed by atoms with van der Waals surface area (Å²) in [4.78, 5) is 5.04. The third-order valence-corrected chi connectivity index (χ3v) is 4.68. The number of rotatable bonds is 5. The van der Waals surface area contributed by atoms with Crippen molar-refractivity contribution >= 4 is 0 Å². The Kier molecular flexibility index (Phi) is 4.74. The number of likely N-dealkylation sites (N-methyl/N-ethyl adjacent to an activating group) is 1. The Balaban J connectivity index is 1.35. The molecule has 0 amide bonds. The topological polar surface area (TPSA) is 27.7 Å². The van der Waals surface area contributed by atoms with Gasteiger partial charge >= 0.3 is 0 Å². The van der Waals surface area contributed by atoms with Crippen molar-refractivity contribution in [3.05, 3.63) is 0 Å². The van der Waals surface area contributed by atoms with E-state index in [-0.39, 0.29) is 0 Å². The molecule has 0 radical (unpaired) electrons. The van der Waals surface area contributed by atoms with Gasteiger partial charge in [-0.2, -0.15) is 0 Å². The van der Waals surface area contributed by atoms with E-state index in [0.29, 0.717) is 12.2 Å². The summed E-state index contributed by atoms with van der Waals surface area (Å²) in [6, 6.07) is 0.809. The maximum Gasteiger partial charge on any atom is 0.0707 e. The van der Waals surface area contributed by atoms with E-state index >= 15 is 0 Å². The second kappa shape index (κ2) is 6.53. The molecule has 0 spiro atoms. The average molecular weight is 267 g/mol. The first-order chi connectivity index (χ1) is 9.29. The van der Waals surface area contributed by atoms with E-state index in [2.05, 4.69) is 22.2 Å². The standard InChI is InChI=1S/C15H29N3O/c1-17-7-2-8-18(10-9-17)12-15-6-5-14(19-15)11-16-13-3-4-13/h13-16H,2-12H2,1H3. The van der Waals surface area contributed by atoms with E-state index in [1.165, 1.54) is 58.3 Å². The van der Waals surface area contributed by atoms with Gasteiger partial charge in [0.15, 0.2) is 0 Å². The van der Waals surface area contributed by atoms with Gasteiger partial charge in [-0.05, 0) is 52.2 Å². The molecule has 0 aromatic rings. The second-order valence-electron chi connectivity index (χ2n) is 6.60. The van der Waals surface area contributed by atoms with E-state index in [1.807, 2.05) is 0 Å². The molecule has 2 unspecified atom stereocenters. The Morgan fingerprint density at radius 3 is 2.68 bits per heavy atom. The van der Waals surface area contributed by atoms with Crippen LogP contribution in [-0.4, -0.2) is 74.4 Å². The molecule has 3 rings (SSSR count). The molecule has 1 N–H and O–H groups in total. The van der Waals surface area contributed by atoms with E-state index < -0.39 is 0 Å². The van der Waals surface area contributed by atoms with Gasteiger partial charge in [-0.3, -0.25) is 4.90 Å². The summed E-state index contributed by atoms with van der Waals surface area (Å²) in [7, 11) is 2.23. The van der Waals surface area contributed by atoms with E-state index in [4.69, 9.17) is 4.74 Å². The average Bonchev–Trinajstić information content (AvgIpc) is 3.16. The zero-order valence-electron chi connectivity index (χ0n) is 12.3. The molecule has 2 aliphatic heterocycles. The molecule has 2 atom stereocenters. The van der Waals surface area contributed by atoms with Gasteiger partial charge in [0.2, 0.25) is 0 Å². The van der Waals surface area contributed by atoms with Crippen LogP contribution < -0.4 is 5.32 Å². The number of ether oxygens (including phenoxy) is 1. The predicted octanol–water partition coefficient (Wildman–Crippen LogP) is 0.923.